The summed E-state index contributed by atoms with van der Waals surface area (Å²) in [6, 6.07) is 1.91. The first-order chi connectivity index (χ1) is 5.51. The van der Waals surface area contributed by atoms with Gasteiger partial charge in [0.2, 0.25) is 0 Å². The lowest BCUT2D eigenvalue weighted by Crippen LogP contribution is -2.19. The monoisotopic (exact) mass is 170 g/mol. The summed E-state index contributed by atoms with van der Waals surface area (Å²) in [6.07, 6.45) is 3.73. The van der Waals surface area contributed by atoms with Crippen molar-refractivity contribution in [1.82, 2.24) is 4.57 Å². The summed E-state index contributed by atoms with van der Waals surface area (Å²) in [4.78, 5) is 0. The smallest absolute Gasteiger partial charge is 0.123 e. The number of nitrogens with two attached hydrogens (primary N) is 1. The van der Waals surface area contributed by atoms with Gasteiger partial charge in [0, 0.05) is 18.9 Å². The van der Waals surface area contributed by atoms with E-state index in [2.05, 4.69) is 0 Å². The maximum Gasteiger partial charge on any atom is 0.123 e. The molecule has 1 rings (SSSR count). The quantitative estimate of drug-likeness (QED) is 0.735. The number of hydrogen-bond acceptors (Lipinski definition) is 1. The van der Waals surface area contributed by atoms with Crippen LogP contribution in [0.25, 0.3) is 0 Å². The Kier molecular flexibility index (Phi) is 2.52. The Hall–Kier alpha value is -0.830. The third-order valence-corrected chi connectivity index (χ3v) is 1.61. The lowest BCUT2D eigenvalue weighted by atomic mass is 10.2. The molecule has 0 aliphatic carbocycles. The Morgan fingerprint density at radius 1 is 1.58 bits per heavy atom. The van der Waals surface area contributed by atoms with Gasteiger partial charge in [0.25, 0.3) is 0 Å². The van der Waals surface area contributed by atoms with Crippen molar-refractivity contribution in [3.8, 4) is 0 Å². The Morgan fingerprint density at radius 2 is 2.25 bits per heavy atom. The van der Waals surface area contributed by atoms with Crippen molar-refractivity contribution in [3.05, 3.63) is 24.0 Å². The number of nitrogens with zero attached hydrogens (tertiary/aromatic N) is 1. The first-order valence-electron chi connectivity index (χ1n) is 4.05. The molecule has 0 aliphatic rings. The van der Waals surface area contributed by atoms with Gasteiger partial charge in [-0.1, -0.05) is 0 Å². The summed E-state index contributed by atoms with van der Waals surface area (Å²) < 4.78 is 15.0. The molecule has 0 saturated carbocycles. The van der Waals surface area contributed by atoms with E-state index in [1.165, 1.54) is 0 Å². The second kappa shape index (κ2) is 3.27. The highest BCUT2D eigenvalue weighted by atomic mass is 19.1. The van der Waals surface area contributed by atoms with Crippen LogP contribution < -0.4 is 5.73 Å². The largest absolute Gasteiger partial charge is 0.351 e. The van der Waals surface area contributed by atoms with Gasteiger partial charge in [-0.2, -0.15) is 0 Å². The average Bonchev–Trinajstić information content (AvgIpc) is 2.32. The Labute approximate surface area is 72.2 Å². The van der Waals surface area contributed by atoms with Gasteiger partial charge in [0.1, 0.15) is 5.67 Å². The molecule has 0 aliphatic heterocycles. The molecule has 0 aromatic carbocycles. The second-order valence-corrected chi connectivity index (χ2v) is 3.61. The van der Waals surface area contributed by atoms with Crippen LogP contribution >= 0.6 is 0 Å². The molecule has 12 heavy (non-hydrogen) atoms. The number of hydrogen-bond donors (Lipinski definition) is 1. The minimum atomic E-state index is -1.16. The molecule has 0 fully saturated rings. The molecule has 3 heteroatoms. The molecule has 2 N–H and O–H groups in total. The number of aromatic nitrogens is 1. The standard InChI is InChI=1S/C9H15FN2/c1-9(2,10)7-12-4-3-8(5-11)6-12/h3-4,6H,5,7,11H2,1-2H3. The minimum absolute atomic E-state index is 0.382. The molecule has 1 aromatic rings. The second-order valence-electron chi connectivity index (χ2n) is 3.61. The average molecular weight is 170 g/mol. The highest BCUT2D eigenvalue weighted by Crippen LogP contribution is 2.12. The van der Waals surface area contributed by atoms with E-state index in [1.807, 2.05) is 23.0 Å². The fraction of sp³-hybridized carbons (Fsp3) is 0.556. The van der Waals surface area contributed by atoms with Crippen LogP contribution in [0.4, 0.5) is 4.39 Å². The Balaban J connectivity index is 2.64. The Morgan fingerprint density at radius 3 is 2.67 bits per heavy atom. The van der Waals surface area contributed by atoms with Crippen molar-refractivity contribution in [1.29, 1.82) is 0 Å². The van der Waals surface area contributed by atoms with Crippen LogP contribution in [-0.4, -0.2) is 10.2 Å². The van der Waals surface area contributed by atoms with Gasteiger partial charge in [-0.15, -0.1) is 0 Å². The first kappa shape index (κ1) is 9.26. The molecule has 1 heterocycles. The zero-order valence-electron chi connectivity index (χ0n) is 7.55. The van der Waals surface area contributed by atoms with E-state index in [0.29, 0.717) is 13.1 Å². The minimum Gasteiger partial charge on any atom is -0.351 e. The van der Waals surface area contributed by atoms with Gasteiger partial charge in [0.15, 0.2) is 0 Å². The predicted octanol–water partition coefficient (Wildman–Crippen LogP) is 1.69. The van der Waals surface area contributed by atoms with Crippen LogP contribution in [0.3, 0.4) is 0 Å². The van der Waals surface area contributed by atoms with Crippen LogP contribution in [0, 0.1) is 0 Å². The highest BCUT2D eigenvalue weighted by Gasteiger charge is 2.15. The van der Waals surface area contributed by atoms with E-state index in [9.17, 15) is 4.39 Å². The van der Waals surface area contributed by atoms with Gasteiger partial charge in [-0.3, -0.25) is 0 Å². The molecule has 0 radical (unpaired) electrons. The maximum absolute atomic E-state index is 13.1. The molecule has 0 atom stereocenters. The van der Waals surface area contributed by atoms with Crippen LogP contribution in [0.1, 0.15) is 19.4 Å². The van der Waals surface area contributed by atoms with E-state index in [-0.39, 0.29) is 0 Å². The van der Waals surface area contributed by atoms with Crippen molar-refractivity contribution in [3.63, 3.8) is 0 Å². The van der Waals surface area contributed by atoms with Gasteiger partial charge in [0.05, 0.1) is 6.54 Å². The summed E-state index contributed by atoms with van der Waals surface area (Å²) >= 11 is 0. The molecule has 0 saturated heterocycles. The summed E-state index contributed by atoms with van der Waals surface area (Å²) in [5, 5.41) is 0. The van der Waals surface area contributed by atoms with Gasteiger partial charge >= 0.3 is 0 Å². The molecular formula is C9H15FN2. The molecule has 0 unspecified atom stereocenters. The number of alkyl halides is 1. The maximum atomic E-state index is 13.1. The molecule has 0 amide bonds. The van der Waals surface area contributed by atoms with Crippen molar-refractivity contribution in [2.24, 2.45) is 5.73 Å². The zero-order valence-corrected chi connectivity index (χ0v) is 7.55. The van der Waals surface area contributed by atoms with Crippen molar-refractivity contribution in [2.45, 2.75) is 32.6 Å². The predicted molar refractivity (Wildman–Crippen MR) is 47.5 cm³/mol. The third kappa shape index (κ3) is 2.66. The fourth-order valence-corrected chi connectivity index (χ4v) is 1.14. The lowest BCUT2D eigenvalue weighted by molar-refractivity contribution is 0.186. The first-order valence-corrected chi connectivity index (χ1v) is 4.05. The summed E-state index contributed by atoms with van der Waals surface area (Å²) in [5.41, 5.74) is 5.30. The normalized spacial score (nSPS) is 12.0. The molecule has 0 spiro atoms. The summed E-state index contributed by atoms with van der Waals surface area (Å²) in [6.45, 7) is 4.02. The summed E-state index contributed by atoms with van der Waals surface area (Å²) in [5.74, 6) is 0. The fourth-order valence-electron chi connectivity index (χ4n) is 1.14. The van der Waals surface area contributed by atoms with Crippen LogP contribution in [0.5, 0.6) is 0 Å². The summed E-state index contributed by atoms with van der Waals surface area (Å²) in [7, 11) is 0. The van der Waals surface area contributed by atoms with E-state index in [0.717, 1.165) is 5.56 Å². The number of halogens is 1. The lowest BCUT2D eigenvalue weighted by Gasteiger charge is -2.14. The van der Waals surface area contributed by atoms with Gasteiger partial charge < -0.3 is 10.3 Å². The van der Waals surface area contributed by atoms with E-state index in [4.69, 9.17) is 5.73 Å². The van der Waals surface area contributed by atoms with Gasteiger partial charge in [-0.05, 0) is 25.5 Å². The van der Waals surface area contributed by atoms with Crippen LogP contribution in [0.15, 0.2) is 18.5 Å². The zero-order chi connectivity index (χ0) is 9.19. The van der Waals surface area contributed by atoms with Crippen molar-refractivity contribution in [2.75, 3.05) is 0 Å². The molecule has 1 aromatic heterocycles. The SMILES string of the molecule is CC(C)(F)Cn1ccc(CN)c1. The molecule has 0 bridgehead atoms. The molecular weight excluding hydrogens is 155 g/mol. The van der Waals surface area contributed by atoms with E-state index < -0.39 is 5.67 Å². The number of rotatable bonds is 3. The van der Waals surface area contributed by atoms with Crippen LogP contribution in [-0.2, 0) is 13.1 Å². The van der Waals surface area contributed by atoms with Crippen molar-refractivity contribution < 1.29 is 4.39 Å². The van der Waals surface area contributed by atoms with Gasteiger partial charge in [-0.25, -0.2) is 4.39 Å². The van der Waals surface area contributed by atoms with E-state index >= 15 is 0 Å². The Bertz CT molecular complexity index is 247. The topological polar surface area (TPSA) is 30.9 Å². The molecule has 2 nitrogen and oxygen atoms in total. The van der Waals surface area contributed by atoms with Crippen LogP contribution in [0.2, 0.25) is 0 Å². The van der Waals surface area contributed by atoms with E-state index in [1.54, 1.807) is 13.8 Å². The third-order valence-electron chi connectivity index (χ3n) is 1.61. The molecule has 68 valence electrons. The van der Waals surface area contributed by atoms with Crippen molar-refractivity contribution >= 4 is 0 Å². The highest BCUT2D eigenvalue weighted by molar-refractivity contribution is 5.09.